The van der Waals surface area contributed by atoms with Crippen molar-refractivity contribution in [2.24, 2.45) is 5.73 Å². The van der Waals surface area contributed by atoms with E-state index in [1.807, 2.05) is 0 Å². The van der Waals surface area contributed by atoms with Crippen LogP contribution < -0.4 is 10.5 Å². The maximum Gasteiger partial charge on any atom is 0.242 e. The molecular weight excluding hydrogens is 339 g/mol. The molecule has 0 aliphatic heterocycles. The van der Waals surface area contributed by atoms with Gasteiger partial charge in [0.05, 0.1) is 11.6 Å². The summed E-state index contributed by atoms with van der Waals surface area (Å²) < 4.78 is 31.6. The Morgan fingerprint density at radius 2 is 2.05 bits per heavy atom. The molecule has 3 N–H and O–H groups in total. The standard InChI is InChI=1S/C11H12Cl2N4O3S/c1-6-16-11(17-20-6)5-15-21(18,19)10-2-7(4-14)8(12)3-9(10)13/h2-3,15H,4-5,14H2,1H3. The number of aromatic nitrogens is 2. The molecule has 114 valence electrons. The zero-order valence-electron chi connectivity index (χ0n) is 10.9. The van der Waals surface area contributed by atoms with Gasteiger partial charge in [-0.3, -0.25) is 0 Å². The highest BCUT2D eigenvalue weighted by atomic mass is 35.5. The highest BCUT2D eigenvalue weighted by Gasteiger charge is 2.20. The Hall–Kier alpha value is -1.19. The number of hydrogen-bond acceptors (Lipinski definition) is 6. The molecule has 0 unspecified atom stereocenters. The number of aryl methyl sites for hydroxylation is 1. The third-order valence-electron chi connectivity index (χ3n) is 2.60. The quantitative estimate of drug-likeness (QED) is 0.847. The van der Waals surface area contributed by atoms with Gasteiger partial charge in [0.1, 0.15) is 4.90 Å². The molecule has 1 heterocycles. The van der Waals surface area contributed by atoms with Crippen molar-refractivity contribution in [1.82, 2.24) is 14.9 Å². The molecule has 0 amide bonds. The van der Waals surface area contributed by atoms with Crippen LogP contribution in [-0.2, 0) is 23.1 Å². The summed E-state index contributed by atoms with van der Waals surface area (Å²) in [6.45, 7) is 1.59. The fraction of sp³-hybridized carbons (Fsp3) is 0.273. The maximum absolute atomic E-state index is 12.2. The summed E-state index contributed by atoms with van der Waals surface area (Å²) in [5.41, 5.74) is 5.99. The van der Waals surface area contributed by atoms with Crippen LogP contribution in [0.25, 0.3) is 0 Å². The number of nitrogens with two attached hydrogens (primary N) is 1. The van der Waals surface area contributed by atoms with E-state index in [4.69, 9.17) is 33.5 Å². The van der Waals surface area contributed by atoms with E-state index in [2.05, 4.69) is 14.9 Å². The van der Waals surface area contributed by atoms with Gasteiger partial charge in [0, 0.05) is 18.5 Å². The minimum Gasteiger partial charge on any atom is -0.340 e. The second-order valence-electron chi connectivity index (χ2n) is 4.13. The van der Waals surface area contributed by atoms with Gasteiger partial charge >= 0.3 is 0 Å². The van der Waals surface area contributed by atoms with Crippen molar-refractivity contribution in [3.63, 3.8) is 0 Å². The van der Waals surface area contributed by atoms with Crippen LogP contribution in [0, 0.1) is 6.92 Å². The number of nitrogens with one attached hydrogen (secondary N) is 1. The summed E-state index contributed by atoms with van der Waals surface area (Å²) in [6.07, 6.45) is 0. The third-order valence-corrected chi connectivity index (χ3v) is 4.82. The zero-order valence-corrected chi connectivity index (χ0v) is 13.3. The molecule has 0 aliphatic carbocycles. The number of rotatable bonds is 5. The predicted octanol–water partition coefficient (Wildman–Crippen LogP) is 1.62. The molecule has 2 rings (SSSR count). The summed E-state index contributed by atoms with van der Waals surface area (Å²) in [5, 5.41) is 3.92. The largest absolute Gasteiger partial charge is 0.340 e. The average molecular weight is 351 g/mol. The van der Waals surface area contributed by atoms with Crippen molar-refractivity contribution in [2.45, 2.75) is 24.9 Å². The Kier molecular flexibility index (Phi) is 4.84. The first-order valence-electron chi connectivity index (χ1n) is 5.80. The molecule has 0 saturated heterocycles. The molecule has 0 saturated carbocycles. The molecule has 0 fully saturated rings. The van der Waals surface area contributed by atoms with E-state index in [9.17, 15) is 8.42 Å². The number of benzene rings is 1. The molecule has 0 atom stereocenters. The van der Waals surface area contributed by atoms with Crippen molar-refractivity contribution in [1.29, 1.82) is 0 Å². The first-order chi connectivity index (χ1) is 9.83. The van der Waals surface area contributed by atoms with E-state index in [-0.39, 0.29) is 28.8 Å². The van der Waals surface area contributed by atoms with E-state index < -0.39 is 10.0 Å². The molecule has 0 bridgehead atoms. The van der Waals surface area contributed by atoms with Gasteiger partial charge in [-0.25, -0.2) is 13.1 Å². The fourth-order valence-electron chi connectivity index (χ4n) is 1.58. The summed E-state index contributed by atoms with van der Waals surface area (Å²) in [6, 6.07) is 2.69. The minimum atomic E-state index is -3.85. The molecule has 1 aromatic carbocycles. The number of sulfonamides is 1. The molecule has 7 nitrogen and oxygen atoms in total. The Bertz CT molecular complexity index is 761. The monoisotopic (exact) mass is 350 g/mol. The van der Waals surface area contributed by atoms with E-state index in [0.717, 1.165) is 0 Å². The van der Waals surface area contributed by atoms with Crippen LogP contribution in [0.15, 0.2) is 21.6 Å². The number of hydrogen-bond donors (Lipinski definition) is 2. The summed E-state index contributed by atoms with van der Waals surface area (Å²) in [4.78, 5) is 3.80. The molecule has 0 radical (unpaired) electrons. The van der Waals surface area contributed by atoms with Crippen molar-refractivity contribution in [3.8, 4) is 0 Å². The Balaban J connectivity index is 2.27. The first-order valence-corrected chi connectivity index (χ1v) is 8.04. The first kappa shape index (κ1) is 16.2. The molecule has 21 heavy (non-hydrogen) atoms. The molecule has 0 spiro atoms. The zero-order chi connectivity index (χ0) is 15.6. The SMILES string of the molecule is Cc1nc(CNS(=O)(=O)c2cc(CN)c(Cl)cc2Cl)no1. The smallest absolute Gasteiger partial charge is 0.242 e. The van der Waals surface area contributed by atoms with Crippen LogP contribution in [0.5, 0.6) is 0 Å². The van der Waals surface area contributed by atoms with Crippen LogP contribution in [-0.4, -0.2) is 18.6 Å². The Morgan fingerprint density at radius 3 is 2.62 bits per heavy atom. The van der Waals surface area contributed by atoms with Gasteiger partial charge in [0.25, 0.3) is 0 Å². The molecular formula is C11H12Cl2N4O3S. The van der Waals surface area contributed by atoms with Crippen molar-refractivity contribution in [2.75, 3.05) is 0 Å². The van der Waals surface area contributed by atoms with Gasteiger partial charge in [-0.15, -0.1) is 0 Å². The van der Waals surface area contributed by atoms with Gasteiger partial charge in [0.2, 0.25) is 15.9 Å². The predicted molar refractivity (Wildman–Crippen MR) is 77.4 cm³/mol. The lowest BCUT2D eigenvalue weighted by Crippen LogP contribution is -2.24. The van der Waals surface area contributed by atoms with Crippen molar-refractivity contribution in [3.05, 3.63) is 39.5 Å². The van der Waals surface area contributed by atoms with Gasteiger partial charge in [-0.2, -0.15) is 4.98 Å². The highest BCUT2D eigenvalue weighted by Crippen LogP contribution is 2.28. The van der Waals surface area contributed by atoms with Crippen molar-refractivity contribution < 1.29 is 12.9 Å². The number of nitrogens with zero attached hydrogens (tertiary/aromatic N) is 2. The van der Waals surface area contributed by atoms with E-state index in [1.165, 1.54) is 12.1 Å². The second-order valence-corrected chi connectivity index (χ2v) is 6.68. The normalized spacial score (nSPS) is 11.8. The Morgan fingerprint density at radius 1 is 1.33 bits per heavy atom. The molecule has 10 heteroatoms. The Labute approximate surface area is 131 Å². The maximum atomic E-state index is 12.2. The topological polar surface area (TPSA) is 111 Å². The summed E-state index contributed by atoms with van der Waals surface area (Å²) in [5.74, 6) is 0.569. The lowest BCUT2D eigenvalue weighted by Gasteiger charge is -2.10. The van der Waals surface area contributed by atoms with Crippen LogP contribution >= 0.6 is 23.2 Å². The molecule has 1 aromatic heterocycles. The third kappa shape index (κ3) is 3.72. The van der Waals surface area contributed by atoms with Crippen molar-refractivity contribution >= 4 is 33.2 Å². The molecule has 0 aliphatic rings. The van der Waals surface area contributed by atoms with Crippen LogP contribution in [0.2, 0.25) is 10.0 Å². The van der Waals surface area contributed by atoms with E-state index in [1.54, 1.807) is 6.92 Å². The number of halogens is 2. The highest BCUT2D eigenvalue weighted by molar-refractivity contribution is 7.89. The average Bonchev–Trinajstić information content (AvgIpc) is 2.82. The minimum absolute atomic E-state index is 0.00833. The van der Waals surface area contributed by atoms with Gasteiger partial charge in [-0.1, -0.05) is 28.4 Å². The van der Waals surface area contributed by atoms with Crippen LogP contribution in [0.3, 0.4) is 0 Å². The lowest BCUT2D eigenvalue weighted by atomic mass is 10.2. The van der Waals surface area contributed by atoms with Crippen LogP contribution in [0.1, 0.15) is 17.3 Å². The fourth-order valence-corrected chi connectivity index (χ4v) is 3.44. The second kappa shape index (κ2) is 6.29. The van der Waals surface area contributed by atoms with Gasteiger partial charge in [-0.05, 0) is 17.7 Å². The van der Waals surface area contributed by atoms with Gasteiger partial charge in [0.15, 0.2) is 5.82 Å². The summed E-state index contributed by atoms with van der Waals surface area (Å²) >= 11 is 11.9. The van der Waals surface area contributed by atoms with E-state index in [0.29, 0.717) is 16.5 Å². The lowest BCUT2D eigenvalue weighted by molar-refractivity contribution is 0.387. The molecule has 2 aromatic rings. The van der Waals surface area contributed by atoms with E-state index >= 15 is 0 Å². The summed E-state index contributed by atoms with van der Waals surface area (Å²) in [7, 11) is -3.85. The van der Waals surface area contributed by atoms with Gasteiger partial charge < -0.3 is 10.3 Å². The van der Waals surface area contributed by atoms with Crippen LogP contribution in [0.4, 0.5) is 0 Å².